The van der Waals surface area contributed by atoms with Gasteiger partial charge in [-0.25, -0.2) is 8.42 Å². The summed E-state index contributed by atoms with van der Waals surface area (Å²) >= 11 is 8.09. The topological polar surface area (TPSA) is 66.5 Å². The molecule has 0 aliphatic heterocycles. The summed E-state index contributed by atoms with van der Waals surface area (Å²) < 4.78 is 28.2. The Labute approximate surface area is 217 Å². The molecular formula is C27H31ClN2O3S2. The standard InChI is InChI=1S/C27H31ClN2O3S2/c1-20-12-14-24(15-13-20)35(32,33)30(26-11-6-10-25(28)22(26)3)18-27(31)29-16-7-17-34-19-23-9-5-4-8-21(23)2/h4-6,8-15H,7,16-19H2,1-3H3,(H,29,31). The molecule has 0 aliphatic rings. The Balaban J connectivity index is 1.64. The van der Waals surface area contributed by atoms with Crippen molar-refractivity contribution in [3.63, 3.8) is 0 Å². The molecular weight excluding hydrogens is 500 g/mol. The van der Waals surface area contributed by atoms with Crippen LogP contribution in [0.3, 0.4) is 0 Å². The molecule has 0 atom stereocenters. The number of hydrogen-bond donors (Lipinski definition) is 1. The van der Waals surface area contributed by atoms with Gasteiger partial charge in [-0.05, 0) is 73.9 Å². The number of sulfonamides is 1. The molecule has 3 aromatic carbocycles. The van der Waals surface area contributed by atoms with E-state index in [1.807, 2.05) is 30.8 Å². The summed E-state index contributed by atoms with van der Waals surface area (Å²) in [6.45, 7) is 5.90. The number of nitrogens with zero attached hydrogens (tertiary/aromatic N) is 1. The predicted octanol–water partition coefficient (Wildman–Crippen LogP) is 5.90. The fourth-order valence-electron chi connectivity index (χ4n) is 3.55. The number of hydrogen-bond acceptors (Lipinski definition) is 4. The van der Waals surface area contributed by atoms with E-state index in [1.165, 1.54) is 11.1 Å². The Kier molecular flexibility index (Phi) is 9.66. The Morgan fingerprint density at radius 2 is 1.69 bits per heavy atom. The van der Waals surface area contributed by atoms with Crippen LogP contribution in [-0.2, 0) is 20.6 Å². The molecule has 3 rings (SSSR count). The lowest BCUT2D eigenvalue weighted by Crippen LogP contribution is -2.41. The molecule has 186 valence electrons. The molecule has 0 aliphatic carbocycles. The molecule has 0 saturated carbocycles. The second kappa shape index (κ2) is 12.5. The molecule has 0 heterocycles. The highest BCUT2D eigenvalue weighted by atomic mass is 35.5. The number of aryl methyl sites for hydroxylation is 2. The Hall–Kier alpha value is -2.48. The van der Waals surface area contributed by atoms with Crippen molar-refractivity contribution in [2.24, 2.45) is 0 Å². The van der Waals surface area contributed by atoms with Crippen molar-refractivity contribution in [1.29, 1.82) is 0 Å². The second-order valence-corrected chi connectivity index (χ2v) is 11.8. The van der Waals surface area contributed by atoms with Crippen molar-refractivity contribution < 1.29 is 13.2 Å². The SMILES string of the molecule is Cc1ccc(S(=O)(=O)N(CC(=O)NCCCSCc2ccccc2C)c2cccc(Cl)c2C)cc1. The number of anilines is 1. The van der Waals surface area contributed by atoms with Crippen LogP contribution in [-0.4, -0.2) is 33.2 Å². The third-order valence-corrected chi connectivity index (χ3v) is 8.99. The Morgan fingerprint density at radius 1 is 0.971 bits per heavy atom. The largest absolute Gasteiger partial charge is 0.354 e. The number of nitrogens with one attached hydrogen (secondary N) is 1. The van der Waals surface area contributed by atoms with Gasteiger partial charge in [-0.3, -0.25) is 9.10 Å². The molecule has 0 fully saturated rings. The highest BCUT2D eigenvalue weighted by molar-refractivity contribution is 7.98. The molecule has 3 aromatic rings. The van der Waals surface area contributed by atoms with Crippen LogP contribution < -0.4 is 9.62 Å². The van der Waals surface area contributed by atoms with Crippen molar-refractivity contribution in [2.45, 2.75) is 37.8 Å². The van der Waals surface area contributed by atoms with Crippen molar-refractivity contribution in [3.05, 3.63) is 94.0 Å². The first-order valence-corrected chi connectivity index (χ1v) is 14.4. The Morgan fingerprint density at radius 3 is 2.40 bits per heavy atom. The third-order valence-electron chi connectivity index (χ3n) is 5.71. The van der Waals surface area contributed by atoms with Crippen LogP contribution in [0.25, 0.3) is 0 Å². The van der Waals surface area contributed by atoms with Gasteiger partial charge in [-0.15, -0.1) is 0 Å². The van der Waals surface area contributed by atoms with Crippen molar-refractivity contribution in [1.82, 2.24) is 5.32 Å². The summed E-state index contributed by atoms with van der Waals surface area (Å²) in [7, 11) is -3.97. The Bertz CT molecular complexity index is 1260. The maximum absolute atomic E-state index is 13.5. The number of amides is 1. The number of carbonyl (C=O) groups excluding carboxylic acids is 1. The molecule has 0 saturated heterocycles. The van der Waals surface area contributed by atoms with Crippen molar-refractivity contribution >= 4 is 45.0 Å². The maximum Gasteiger partial charge on any atom is 0.264 e. The summed E-state index contributed by atoms with van der Waals surface area (Å²) in [5, 5.41) is 3.31. The van der Waals surface area contributed by atoms with Crippen LogP contribution in [0.15, 0.2) is 71.6 Å². The van der Waals surface area contributed by atoms with Crippen LogP contribution in [0.5, 0.6) is 0 Å². The molecule has 35 heavy (non-hydrogen) atoms. The van der Waals surface area contributed by atoms with E-state index in [1.54, 1.807) is 49.4 Å². The zero-order valence-electron chi connectivity index (χ0n) is 20.3. The average Bonchev–Trinajstić information content (AvgIpc) is 2.83. The third kappa shape index (κ3) is 7.26. The molecule has 8 heteroatoms. The quantitative estimate of drug-likeness (QED) is 0.313. The lowest BCUT2D eigenvalue weighted by Gasteiger charge is -2.26. The van der Waals surface area contributed by atoms with Crippen LogP contribution in [0.4, 0.5) is 5.69 Å². The molecule has 0 unspecified atom stereocenters. The molecule has 0 radical (unpaired) electrons. The van der Waals surface area contributed by atoms with Crippen molar-refractivity contribution in [3.8, 4) is 0 Å². The van der Waals surface area contributed by atoms with Gasteiger partial charge < -0.3 is 5.32 Å². The second-order valence-electron chi connectivity index (χ2n) is 8.39. The summed E-state index contributed by atoms with van der Waals surface area (Å²) in [6, 6.07) is 20.0. The zero-order chi connectivity index (χ0) is 25.4. The van der Waals surface area contributed by atoms with Crippen molar-refractivity contribution in [2.75, 3.05) is 23.1 Å². The van der Waals surface area contributed by atoms with E-state index < -0.39 is 10.0 Å². The van der Waals surface area contributed by atoms with Gasteiger partial charge in [0.2, 0.25) is 5.91 Å². The highest BCUT2D eigenvalue weighted by Crippen LogP contribution is 2.30. The van der Waals surface area contributed by atoms with Gasteiger partial charge in [-0.2, -0.15) is 11.8 Å². The van der Waals surface area contributed by atoms with Crippen LogP contribution in [0, 0.1) is 20.8 Å². The fraction of sp³-hybridized carbons (Fsp3) is 0.296. The van der Waals surface area contributed by atoms with Gasteiger partial charge in [0.05, 0.1) is 10.6 Å². The maximum atomic E-state index is 13.5. The van der Waals surface area contributed by atoms with Gasteiger partial charge in [0.15, 0.2) is 0 Å². The molecule has 0 spiro atoms. The van der Waals surface area contributed by atoms with Gasteiger partial charge >= 0.3 is 0 Å². The summed E-state index contributed by atoms with van der Waals surface area (Å²) in [4.78, 5) is 12.9. The van der Waals surface area contributed by atoms with E-state index in [0.29, 0.717) is 22.8 Å². The number of carbonyl (C=O) groups is 1. The predicted molar refractivity (Wildman–Crippen MR) is 147 cm³/mol. The first-order valence-electron chi connectivity index (χ1n) is 11.4. The number of halogens is 1. The molecule has 1 amide bonds. The van der Waals surface area contributed by atoms with Crippen LogP contribution in [0.2, 0.25) is 5.02 Å². The van der Waals surface area contributed by atoms with Gasteiger partial charge in [-0.1, -0.05) is 59.6 Å². The number of thioether (sulfide) groups is 1. The minimum atomic E-state index is -3.97. The molecule has 0 aromatic heterocycles. The van der Waals surface area contributed by atoms with E-state index in [4.69, 9.17) is 11.6 Å². The van der Waals surface area contributed by atoms with Crippen LogP contribution in [0.1, 0.15) is 28.7 Å². The molecule has 5 nitrogen and oxygen atoms in total. The van der Waals surface area contributed by atoms with E-state index >= 15 is 0 Å². The summed E-state index contributed by atoms with van der Waals surface area (Å²) in [5.41, 5.74) is 4.54. The number of rotatable bonds is 11. The van der Waals surface area contributed by atoms with Gasteiger partial charge in [0.1, 0.15) is 6.54 Å². The van der Waals surface area contributed by atoms with E-state index in [-0.39, 0.29) is 17.3 Å². The average molecular weight is 531 g/mol. The fourth-order valence-corrected chi connectivity index (χ4v) is 6.23. The first-order chi connectivity index (χ1) is 16.7. The first kappa shape index (κ1) is 27.1. The number of benzene rings is 3. The molecule has 0 bridgehead atoms. The highest BCUT2D eigenvalue weighted by Gasteiger charge is 2.28. The van der Waals surface area contributed by atoms with E-state index in [2.05, 4.69) is 24.4 Å². The smallest absolute Gasteiger partial charge is 0.264 e. The minimum absolute atomic E-state index is 0.128. The molecule has 1 N–H and O–H groups in total. The normalized spacial score (nSPS) is 11.3. The minimum Gasteiger partial charge on any atom is -0.354 e. The van der Waals surface area contributed by atoms with Gasteiger partial charge in [0.25, 0.3) is 10.0 Å². The van der Waals surface area contributed by atoms with E-state index in [9.17, 15) is 13.2 Å². The monoisotopic (exact) mass is 530 g/mol. The van der Waals surface area contributed by atoms with Crippen LogP contribution >= 0.6 is 23.4 Å². The lowest BCUT2D eigenvalue weighted by atomic mass is 10.1. The van der Waals surface area contributed by atoms with E-state index in [0.717, 1.165) is 27.8 Å². The van der Waals surface area contributed by atoms with Gasteiger partial charge in [0, 0.05) is 17.3 Å². The zero-order valence-corrected chi connectivity index (χ0v) is 22.6. The summed E-state index contributed by atoms with van der Waals surface area (Å²) in [5.74, 6) is 1.47. The lowest BCUT2D eigenvalue weighted by molar-refractivity contribution is -0.119. The summed E-state index contributed by atoms with van der Waals surface area (Å²) in [6.07, 6.45) is 0.795.